The molecule has 1 saturated heterocycles. The minimum atomic E-state index is -0.933. The van der Waals surface area contributed by atoms with Gasteiger partial charge in [0.15, 0.2) is 0 Å². The Morgan fingerprint density at radius 1 is 1.35 bits per heavy atom. The van der Waals surface area contributed by atoms with Crippen LogP contribution in [-0.2, 0) is 9.53 Å². The highest BCUT2D eigenvalue weighted by Crippen LogP contribution is 2.35. The van der Waals surface area contributed by atoms with E-state index >= 15 is 0 Å². The summed E-state index contributed by atoms with van der Waals surface area (Å²) in [6, 6.07) is 6.85. The quantitative estimate of drug-likeness (QED) is 0.855. The molecule has 0 spiro atoms. The van der Waals surface area contributed by atoms with E-state index in [2.05, 4.69) is 15.9 Å². The van der Waals surface area contributed by atoms with Crippen molar-refractivity contribution in [1.29, 1.82) is 0 Å². The number of aliphatic carboxylic acids is 1. The lowest BCUT2D eigenvalue weighted by atomic mass is 9.90. The van der Waals surface area contributed by atoms with Gasteiger partial charge in [-0.2, -0.15) is 0 Å². The van der Waals surface area contributed by atoms with E-state index in [-0.39, 0.29) is 0 Å². The van der Waals surface area contributed by atoms with Crippen LogP contribution in [0.3, 0.4) is 0 Å². The Bertz CT molecular complexity index is 597. The molecule has 2 atom stereocenters. The molecule has 0 aliphatic carbocycles. The monoisotopic (exact) mass is 383 g/mol. The number of hydrogen-bond donors (Lipinski definition) is 1. The first-order valence-corrected chi connectivity index (χ1v) is 8.47. The summed E-state index contributed by atoms with van der Waals surface area (Å²) >= 11 is 3.42. The smallest absolute Gasteiger partial charge is 0.410 e. The molecule has 1 heterocycles. The molecule has 0 saturated carbocycles. The van der Waals surface area contributed by atoms with E-state index in [9.17, 15) is 14.7 Å². The van der Waals surface area contributed by atoms with Gasteiger partial charge in [-0.05, 0) is 45.2 Å². The zero-order valence-corrected chi connectivity index (χ0v) is 15.2. The Hall–Kier alpha value is -1.56. The average molecular weight is 384 g/mol. The van der Waals surface area contributed by atoms with Gasteiger partial charge in [0.25, 0.3) is 0 Å². The lowest BCUT2D eigenvalue weighted by Gasteiger charge is -2.32. The molecular weight excluding hydrogens is 362 g/mol. The Morgan fingerprint density at radius 3 is 2.57 bits per heavy atom. The molecule has 1 aromatic rings. The second-order valence-corrected chi connectivity index (χ2v) is 7.58. The van der Waals surface area contributed by atoms with Crippen LogP contribution in [0.4, 0.5) is 4.79 Å². The Labute approximate surface area is 144 Å². The van der Waals surface area contributed by atoms with Crippen LogP contribution in [0, 0.1) is 0 Å². The zero-order chi connectivity index (χ0) is 17.2. The highest BCUT2D eigenvalue weighted by Gasteiger charge is 2.41. The first kappa shape index (κ1) is 17.8. The summed E-state index contributed by atoms with van der Waals surface area (Å²) < 4.78 is 6.17. The maximum absolute atomic E-state index is 12.4. The normalized spacial score (nSPS) is 19.5. The molecule has 6 heteroatoms. The number of carboxylic acids is 1. The summed E-state index contributed by atoms with van der Waals surface area (Å²) in [5, 5.41) is 9.74. The fourth-order valence-corrected chi connectivity index (χ4v) is 3.45. The van der Waals surface area contributed by atoms with Gasteiger partial charge in [-0.25, -0.2) is 4.79 Å². The molecule has 126 valence electrons. The second kappa shape index (κ2) is 6.91. The molecule has 5 nitrogen and oxygen atoms in total. The Kier molecular flexibility index (Phi) is 5.34. The number of halogens is 1. The van der Waals surface area contributed by atoms with Crippen LogP contribution in [0.5, 0.6) is 0 Å². The summed E-state index contributed by atoms with van der Waals surface area (Å²) in [7, 11) is 0. The van der Waals surface area contributed by atoms with Gasteiger partial charge in [0.05, 0.1) is 6.04 Å². The van der Waals surface area contributed by atoms with Crippen LogP contribution in [0.15, 0.2) is 28.7 Å². The second-order valence-electron chi connectivity index (χ2n) is 6.72. The molecule has 0 aromatic heterocycles. The predicted octanol–water partition coefficient (Wildman–Crippen LogP) is 4.02. The topological polar surface area (TPSA) is 66.8 Å². The highest BCUT2D eigenvalue weighted by molar-refractivity contribution is 9.10. The lowest BCUT2D eigenvalue weighted by Crippen LogP contribution is -2.44. The van der Waals surface area contributed by atoms with Gasteiger partial charge in [0.1, 0.15) is 11.5 Å². The number of rotatable bonds is 3. The summed E-state index contributed by atoms with van der Waals surface area (Å²) in [5.74, 6) is -1.71. The van der Waals surface area contributed by atoms with E-state index in [0.29, 0.717) is 18.5 Å². The van der Waals surface area contributed by atoms with Crippen molar-refractivity contribution in [2.45, 2.75) is 51.2 Å². The van der Waals surface area contributed by atoms with Crippen molar-refractivity contribution in [3.63, 3.8) is 0 Å². The van der Waals surface area contributed by atoms with E-state index in [4.69, 9.17) is 4.74 Å². The van der Waals surface area contributed by atoms with Gasteiger partial charge >= 0.3 is 12.1 Å². The maximum atomic E-state index is 12.4. The molecule has 2 rings (SSSR count). The molecule has 23 heavy (non-hydrogen) atoms. The fourth-order valence-electron chi connectivity index (χ4n) is 2.92. The number of likely N-dealkylation sites (tertiary alicyclic amines) is 1. The molecular formula is C17H22BrNO4. The number of carboxylic acid groups (broad SMARTS) is 1. The van der Waals surface area contributed by atoms with Crippen molar-refractivity contribution in [3.05, 3.63) is 34.3 Å². The van der Waals surface area contributed by atoms with Crippen LogP contribution >= 0.6 is 15.9 Å². The van der Waals surface area contributed by atoms with Crippen molar-refractivity contribution < 1.29 is 19.4 Å². The Balaban J connectivity index is 2.30. The largest absolute Gasteiger partial charge is 0.481 e. The Morgan fingerprint density at radius 2 is 2.00 bits per heavy atom. The van der Waals surface area contributed by atoms with Crippen molar-refractivity contribution in [2.24, 2.45) is 0 Å². The zero-order valence-electron chi connectivity index (χ0n) is 13.6. The molecule has 1 N–H and O–H groups in total. The molecule has 0 unspecified atom stereocenters. The summed E-state index contributed by atoms with van der Waals surface area (Å²) in [4.78, 5) is 25.9. The third kappa shape index (κ3) is 4.25. The number of carbonyl (C=O) groups is 2. The van der Waals surface area contributed by atoms with Crippen LogP contribution in [0.2, 0.25) is 0 Å². The van der Waals surface area contributed by atoms with Crippen molar-refractivity contribution in [2.75, 3.05) is 6.54 Å². The summed E-state index contributed by atoms with van der Waals surface area (Å²) in [6.45, 7) is 5.93. The van der Waals surface area contributed by atoms with Gasteiger partial charge in [-0.15, -0.1) is 0 Å². The third-order valence-electron chi connectivity index (χ3n) is 3.82. The standard InChI is InChI=1S/C17H22BrNO4/c1-17(2,3)23-16(22)19-10-6-9-13(19)14(15(20)21)11-7-4-5-8-12(11)18/h4-5,7-8,13-14H,6,9-10H2,1-3H3,(H,20,21)/t13-,14+/m1/s1. The minimum Gasteiger partial charge on any atom is -0.481 e. The first-order valence-electron chi connectivity index (χ1n) is 7.67. The maximum Gasteiger partial charge on any atom is 0.410 e. The van der Waals surface area contributed by atoms with Gasteiger partial charge in [0, 0.05) is 11.0 Å². The predicted molar refractivity (Wildman–Crippen MR) is 90.5 cm³/mol. The van der Waals surface area contributed by atoms with Gasteiger partial charge in [0.2, 0.25) is 0 Å². The van der Waals surface area contributed by atoms with Crippen LogP contribution in [-0.4, -0.2) is 40.3 Å². The van der Waals surface area contributed by atoms with E-state index in [1.165, 1.54) is 0 Å². The lowest BCUT2D eigenvalue weighted by molar-refractivity contribution is -0.140. The summed E-state index contributed by atoms with van der Waals surface area (Å²) in [6.07, 6.45) is 0.980. The van der Waals surface area contributed by atoms with Crippen molar-refractivity contribution >= 4 is 28.0 Å². The highest BCUT2D eigenvalue weighted by atomic mass is 79.9. The van der Waals surface area contributed by atoms with Crippen LogP contribution < -0.4 is 0 Å². The summed E-state index contributed by atoms with van der Waals surface area (Å²) in [5.41, 5.74) is 0.0801. The number of nitrogens with zero attached hydrogens (tertiary/aromatic N) is 1. The van der Waals surface area contributed by atoms with Gasteiger partial charge < -0.3 is 14.7 Å². The molecule has 0 radical (unpaired) electrons. The van der Waals surface area contributed by atoms with Crippen molar-refractivity contribution in [3.8, 4) is 0 Å². The molecule has 1 aromatic carbocycles. The van der Waals surface area contributed by atoms with Crippen molar-refractivity contribution in [1.82, 2.24) is 4.90 Å². The molecule has 1 fully saturated rings. The molecule has 1 amide bonds. The molecule has 1 aliphatic heterocycles. The number of carbonyl (C=O) groups excluding carboxylic acids is 1. The van der Waals surface area contributed by atoms with E-state index in [0.717, 1.165) is 10.9 Å². The van der Waals surface area contributed by atoms with E-state index in [1.807, 2.05) is 18.2 Å². The van der Waals surface area contributed by atoms with E-state index < -0.39 is 29.6 Å². The first-order chi connectivity index (χ1) is 10.7. The van der Waals surface area contributed by atoms with E-state index in [1.54, 1.807) is 31.7 Å². The van der Waals surface area contributed by atoms with Gasteiger partial charge in [-0.1, -0.05) is 34.1 Å². The molecule has 1 aliphatic rings. The third-order valence-corrected chi connectivity index (χ3v) is 4.54. The van der Waals surface area contributed by atoms with Crippen LogP contribution in [0.25, 0.3) is 0 Å². The number of benzene rings is 1. The number of hydrogen-bond acceptors (Lipinski definition) is 3. The number of ether oxygens (including phenoxy) is 1. The fraction of sp³-hybridized carbons (Fsp3) is 0.529. The van der Waals surface area contributed by atoms with Crippen LogP contribution in [0.1, 0.15) is 45.1 Å². The van der Waals surface area contributed by atoms with Gasteiger partial charge in [-0.3, -0.25) is 4.79 Å². The minimum absolute atomic E-state index is 0.402. The SMILES string of the molecule is CC(C)(C)OC(=O)N1CCC[C@@H]1[C@@H](C(=O)O)c1ccccc1Br. The number of amides is 1. The average Bonchev–Trinajstić information content (AvgIpc) is 2.88. The molecule has 0 bridgehead atoms.